The number of hydrogen-bond acceptors (Lipinski definition) is 4. The van der Waals surface area contributed by atoms with Gasteiger partial charge in [-0.05, 0) is 12.1 Å². The molecule has 0 radical (unpaired) electrons. The first-order chi connectivity index (χ1) is 7.47. The van der Waals surface area contributed by atoms with Gasteiger partial charge in [0.15, 0.2) is 11.6 Å². The van der Waals surface area contributed by atoms with Crippen molar-refractivity contribution in [3.05, 3.63) is 29.3 Å². The first kappa shape index (κ1) is 12.4. The molecule has 0 saturated heterocycles. The van der Waals surface area contributed by atoms with Crippen LogP contribution >= 0.6 is 0 Å². The van der Waals surface area contributed by atoms with Gasteiger partial charge in [0.05, 0.1) is 13.5 Å². The van der Waals surface area contributed by atoms with Crippen molar-refractivity contribution in [1.82, 2.24) is 0 Å². The summed E-state index contributed by atoms with van der Waals surface area (Å²) in [7, 11) is 1.15. The fourth-order valence-corrected chi connectivity index (χ4v) is 1.27. The van der Waals surface area contributed by atoms with Crippen LogP contribution in [0.25, 0.3) is 0 Å². The van der Waals surface area contributed by atoms with E-state index in [2.05, 4.69) is 4.74 Å². The zero-order chi connectivity index (χ0) is 12.3. The molecule has 3 N–H and O–H groups in total. The Labute approximate surface area is 90.6 Å². The lowest BCUT2D eigenvalue weighted by Crippen LogP contribution is -2.18. The Kier molecular flexibility index (Phi) is 3.78. The van der Waals surface area contributed by atoms with Crippen molar-refractivity contribution in [2.24, 2.45) is 5.73 Å². The first-order valence-corrected chi connectivity index (χ1v) is 4.46. The Bertz CT molecular complexity index is 409. The summed E-state index contributed by atoms with van der Waals surface area (Å²) in [4.78, 5) is 10.9. The highest BCUT2D eigenvalue weighted by molar-refractivity contribution is 5.70. The van der Waals surface area contributed by atoms with Crippen LogP contribution in [0.3, 0.4) is 0 Å². The second kappa shape index (κ2) is 4.89. The summed E-state index contributed by atoms with van der Waals surface area (Å²) >= 11 is 0. The minimum absolute atomic E-state index is 0.343. The van der Waals surface area contributed by atoms with Crippen LogP contribution in [0.15, 0.2) is 12.1 Å². The van der Waals surface area contributed by atoms with Crippen molar-refractivity contribution in [3.8, 4) is 5.75 Å². The first-order valence-electron chi connectivity index (χ1n) is 4.46. The van der Waals surface area contributed by atoms with Crippen LogP contribution in [-0.2, 0) is 9.53 Å². The number of carbonyl (C=O) groups is 1. The van der Waals surface area contributed by atoms with Crippen LogP contribution in [0.2, 0.25) is 0 Å². The third kappa shape index (κ3) is 2.46. The molecule has 0 saturated carbocycles. The molecule has 0 fully saturated rings. The zero-order valence-electron chi connectivity index (χ0n) is 8.54. The van der Waals surface area contributed by atoms with Gasteiger partial charge < -0.3 is 15.6 Å². The number of aromatic hydroxyl groups is 1. The number of carbonyl (C=O) groups excluding carboxylic acids is 1. The highest BCUT2D eigenvalue weighted by Gasteiger charge is 2.21. The molecule has 16 heavy (non-hydrogen) atoms. The second-order valence-electron chi connectivity index (χ2n) is 3.18. The van der Waals surface area contributed by atoms with E-state index in [-0.39, 0.29) is 6.42 Å². The van der Waals surface area contributed by atoms with Crippen LogP contribution in [0, 0.1) is 11.6 Å². The standard InChI is InChI=1S/C10H11F2NO3/c1-16-8(14)4-7(13)9-5(11)2-3-6(12)10(9)15/h2-3,7,15H,4,13H2,1H3/t7-/m1/s1. The lowest BCUT2D eigenvalue weighted by atomic mass is 10.0. The molecule has 0 aliphatic rings. The van der Waals surface area contributed by atoms with Gasteiger partial charge in [0.1, 0.15) is 5.82 Å². The number of phenolic OH excluding ortho intramolecular Hbond substituents is 1. The Morgan fingerprint density at radius 3 is 2.62 bits per heavy atom. The molecule has 0 aliphatic carbocycles. The van der Waals surface area contributed by atoms with Crippen LogP contribution in [0.1, 0.15) is 18.0 Å². The number of benzene rings is 1. The molecule has 1 atom stereocenters. The molecule has 0 aliphatic heterocycles. The molecule has 0 aromatic heterocycles. The summed E-state index contributed by atoms with van der Waals surface area (Å²) in [6, 6.07) is 0.462. The molecule has 0 spiro atoms. The van der Waals surface area contributed by atoms with Crippen LogP contribution in [0.4, 0.5) is 8.78 Å². The Morgan fingerprint density at radius 2 is 2.06 bits per heavy atom. The van der Waals surface area contributed by atoms with E-state index in [1.807, 2.05) is 0 Å². The van der Waals surface area contributed by atoms with Gasteiger partial charge in [0.2, 0.25) is 0 Å². The Morgan fingerprint density at radius 1 is 1.50 bits per heavy atom. The van der Waals surface area contributed by atoms with E-state index in [1.54, 1.807) is 0 Å². The molecule has 88 valence electrons. The normalized spacial score (nSPS) is 12.2. The van der Waals surface area contributed by atoms with E-state index in [4.69, 9.17) is 5.73 Å². The molecule has 1 aromatic rings. The average Bonchev–Trinajstić information content (AvgIpc) is 2.24. The van der Waals surface area contributed by atoms with E-state index in [0.29, 0.717) is 0 Å². The molecule has 6 heteroatoms. The molecule has 0 amide bonds. The largest absolute Gasteiger partial charge is 0.505 e. The maximum atomic E-state index is 13.3. The average molecular weight is 231 g/mol. The summed E-state index contributed by atoms with van der Waals surface area (Å²) in [5.41, 5.74) is 5.05. The van der Waals surface area contributed by atoms with Gasteiger partial charge in [-0.3, -0.25) is 4.79 Å². The topological polar surface area (TPSA) is 72.5 Å². The van der Waals surface area contributed by atoms with Gasteiger partial charge in [-0.1, -0.05) is 0 Å². The van der Waals surface area contributed by atoms with Crippen molar-refractivity contribution in [2.75, 3.05) is 7.11 Å². The van der Waals surface area contributed by atoms with E-state index in [9.17, 15) is 18.7 Å². The number of nitrogens with two attached hydrogens (primary N) is 1. The van der Waals surface area contributed by atoms with Gasteiger partial charge in [0, 0.05) is 11.6 Å². The third-order valence-corrected chi connectivity index (χ3v) is 2.10. The Balaban J connectivity index is 3.03. The number of halogens is 2. The second-order valence-corrected chi connectivity index (χ2v) is 3.18. The zero-order valence-corrected chi connectivity index (χ0v) is 8.54. The van der Waals surface area contributed by atoms with Crippen molar-refractivity contribution in [2.45, 2.75) is 12.5 Å². The number of ether oxygens (including phenoxy) is 1. The highest BCUT2D eigenvalue weighted by Crippen LogP contribution is 2.30. The summed E-state index contributed by atoms with van der Waals surface area (Å²) < 4.78 is 30.6. The Hall–Kier alpha value is -1.69. The molecular formula is C10H11F2NO3. The smallest absolute Gasteiger partial charge is 0.307 e. The number of phenols is 1. The maximum Gasteiger partial charge on any atom is 0.307 e. The van der Waals surface area contributed by atoms with Crippen molar-refractivity contribution in [3.63, 3.8) is 0 Å². The summed E-state index contributed by atoms with van der Waals surface area (Å²) in [5, 5.41) is 9.29. The van der Waals surface area contributed by atoms with Crippen molar-refractivity contribution in [1.29, 1.82) is 0 Å². The lowest BCUT2D eigenvalue weighted by molar-refractivity contribution is -0.141. The number of methoxy groups -OCH3 is 1. The molecule has 0 unspecified atom stereocenters. The minimum atomic E-state index is -1.15. The molecule has 0 bridgehead atoms. The molecule has 4 nitrogen and oxygen atoms in total. The van der Waals surface area contributed by atoms with Crippen LogP contribution in [0.5, 0.6) is 5.75 Å². The predicted octanol–water partition coefficient (Wildman–Crippen LogP) is 1.23. The SMILES string of the molecule is COC(=O)C[C@@H](N)c1c(F)ccc(F)c1O. The highest BCUT2D eigenvalue weighted by atomic mass is 19.1. The summed E-state index contributed by atoms with van der Waals surface area (Å²) in [6.45, 7) is 0. The molecule has 0 heterocycles. The lowest BCUT2D eigenvalue weighted by Gasteiger charge is -2.13. The maximum absolute atomic E-state index is 13.3. The fourth-order valence-electron chi connectivity index (χ4n) is 1.27. The molecular weight excluding hydrogens is 220 g/mol. The molecule has 1 aromatic carbocycles. The van der Waals surface area contributed by atoms with E-state index >= 15 is 0 Å². The van der Waals surface area contributed by atoms with Gasteiger partial charge in [-0.2, -0.15) is 0 Å². The van der Waals surface area contributed by atoms with Crippen molar-refractivity contribution < 1.29 is 23.4 Å². The van der Waals surface area contributed by atoms with Crippen LogP contribution in [-0.4, -0.2) is 18.2 Å². The third-order valence-electron chi connectivity index (χ3n) is 2.10. The quantitative estimate of drug-likeness (QED) is 0.767. The number of hydrogen-bond donors (Lipinski definition) is 2. The van der Waals surface area contributed by atoms with E-state index in [1.165, 1.54) is 0 Å². The van der Waals surface area contributed by atoms with Gasteiger partial charge in [-0.25, -0.2) is 8.78 Å². The fraction of sp³-hybridized carbons (Fsp3) is 0.300. The van der Waals surface area contributed by atoms with Gasteiger partial charge in [0.25, 0.3) is 0 Å². The van der Waals surface area contributed by atoms with E-state index < -0.39 is 35.0 Å². The summed E-state index contributed by atoms with van der Waals surface area (Å²) in [5.74, 6) is -3.40. The monoisotopic (exact) mass is 231 g/mol. The predicted molar refractivity (Wildman–Crippen MR) is 51.6 cm³/mol. The van der Waals surface area contributed by atoms with Crippen LogP contribution < -0.4 is 5.73 Å². The van der Waals surface area contributed by atoms with E-state index in [0.717, 1.165) is 19.2 Å². The minimum Gasteiger partial charge on any atom is -0.505 e. The summed E-state index contributed by atoms with van der Waals surface area (Å²) in [6.07, 6.45) is -0.343. The van der Waals surface area contributed by atoms with Gasteiger partial charge in [-0.15, -0.1) is 0 Å². The number of rotatable bonds is 3. The van der Waals surface area contributed by atoms with Gasteiger partial charge >= 0.3 is 5.97 Å². The molecule has 1 rings (SSSR count). The van der Waals surface area contributed by atoms with Crippen molar-refractivity contribution >= 4 is 5.97 Å². The number of esters is 1.